The summed E-state index contributed by atoms with van der Waals surface area (Å²) >= 11 is 0. The first-order valence-corrected chi connectivity index (χ1v) is 6.45. The van der Waals surface area contributed by atoms with Crippen molar-refractivity contribution in [3.8, 4) is 0 Å². The van der Waals surface area contributed by atoms with Crippen molar-refractivity contribution in [3.05, 3.63) is 73.7 Å². The molecule has 0 bridgehead atoms. The fourth-order valence-electron chi connectivity index (χ4n) is 2.08. The maximum atomic E-state index is 11.9. The van der Waals surface area contributed by atoms with Gasteiger partial charge in [0, 0.05) is 11.6 Å². The number of carbonyl (C=O) groups excluding carboxylic acids is 1. The fraction of sp³-hybridized carbons (Fsp3) is 0.200. The molecule has 0 N–H and O–H groups in total. The number of benzene rings is 1. The van der Waals surface area contributed by atoms with Crippen molar-refractivity contribution in [2.45, 2.75) is 13.5 Å². The Morgan fingerprint density at radius 2 is 2.09 bits per heavy atom. The van der Waals surface area contributed by atoms with Gasteiger partial charge in [0.1, 0.15) is 0 Å². The number of esters is 1. The lowest BCUT2D eigenvalue weighted by atomic mass is 10.1. The van der Waals surface area contributed by atoms with Crippen LogP contribution in [0.15, 0.2) is 41.3 Å². The number of carbonyl (C=O) groups is 1. The lowest BCUT2D eigenvalue weighted by Crippen LogP contribution is -2.20. The number of aromatic nitrogens is 1. The number of aryl methyl sites for hydroxylation is 1. The van der Waals surface area contributed by atoms with Gasteiger partial charge < -0.3 is 9.30 Å². The second kappa shape index (κ2) is 6.21. The molecule has 0 aliphatic heterocycles. The molecule has 0 aliphatic carbocycles. The fourth-order valence-corrected chi connectivity index (χ4v) is 2.08. The van der Waals surface area contributed by atoms with Gasteiger partial charge in [-0.2, -0.15) is 0 Å². The summed E-state index contributed by atoms with van der Waals surface area (Å²) in [6.07, 6.45) is 1.21. The van der Waals surface area contributed by atoms with Gasteiger partial charge in [-0.3, -0.25) is 14.9 Å². The Morgan fingerprint density at radius 1 is 1.36 bits per heavy atom. The van der Waals surface area contributed by atoms with Gasteiger partial charge in [0.2, 0.25) is 0 Å². The summed E-state index contributed by atoms with van der Waals surface area (Å²) in [6, 6.07) is 7.79. The Balaban J connectivity index is 2.39. The standard InChI is InChI=1S/C15H14N2O5/c1-10-6-14(18)16(9-13(10)17(20)21)8-11-4-3-5-12(7-11)15(19)22-2/h3-7,9H,8H2,1-2H3. The molecule has 0 spiro atoms. The molecule has 0 radical (unpaired) electrons. The molecule has 2 rings (SSSR count). The summed E-state index contributed by atoms with van der Waals surface area (Å²) in [5.41, 5.74) is 0.877. The number of hydrogen-bond donors (Lipinski definition) is 0. The highest BCUT2D eigenvalue weighted by Gasteiger charge is 2.14. The van der Waals surface area contributed by atoms with Gasteiger partial charge in [-0.1, -0.05) is 12.1 Å². The van der Waals surface area contributed by atoms with E-state index in [4.69, 9.17) is 0 Å². The van der Waals surface area contributed by atoms with Crippen molar-refractivity contribution in [1.82, 2.24) is 4.57 Å². The first-order valence-electron chi connectivity index (χ1n) is 6.45. The van der Waals surface area contributed by atoms with Gasteiger partial charge in [-0.25, -0.2) is 4.79 Å². The number of nitrogens with zero attached hydrogens (tertiary/aromatic N) is 2. The van der Waals surface area contributed by atoms with E-state index < -0.39 is 10.9 Å². The SMILES string of the molecule is COC(=O)c1cccc(Cn2cc([N+](=O)[O-])c(C)cc2=O)c1. The average Bonchev–Trinajstić information content (AvgIpc) is 2.49. The smallest absolute Gasteiger partial charge is 0.337 e. The zero-order valence-corrected chi connectivity index (χ0v) is 12.1. The molecular weight excluding hydrogens is 288 g/mol. The highest BCUT2D eigenvalue weighted by Crippen LogP contribution is 2.15. The van der Waals surface area contributed by atoms with Gasteiger partial charge in [-0.05, 0) is 24.6 Å². The van der Waals surface area contributed by atoms with Gasteiger partial charge in [0.25, 0.3) is 11.2 Å². The molecule has 1 aromatic carbocycles. The number of rotatable bonds is 4. The second-order valence-electron chi connectivity index (χ2n) is 4.76. The van der Waals surface area contributed by atoms with E-state index in [1.807, 2.05) is 0 Å². The van der Waals surface area contributed by atoms with Crippen molar-refractivity contribution >= 4 is 11.7 Å². The van der Waals surface area contributed by atoms with Crippen LogP contribution in [0.3, 0.4) is 0 Å². The van der Waals surface area contributed by atoms with E-state index in [1.165, 1.54) is 30.9 Å². The van der Waals surface area contributed by atoms with E-state index >= 15 is 0 Å². The highest BCUT2D eigenvalue weighted by atomic mass is 16.6. The van der Waals surface area contributed by atoms with Crippen LogP contribution in [-0.4, -0.2) is 22.6 Å². The van der Waals surface area contributed by atoms with Crippen LogP contribution in [0.25, 0.3) is 0 Å². The quantitative estimate of drug-likeness (QED) is 0.488. The minimum absolute atomic E-state index is 0.122. The molecule has 0 saturated heterocycles. The topological polar surface area (TPSA) is 91.4 Å². The lowest BCUT2D eigenvalue weighted by Gasteiger charge is -2.08. The summed E-state index contributed by atoms with van der Waals surface area (Å²) in [4.78, 5) is 33.9. The second-order valence-corrected chi connectivity index (χ2v) is 4.76. The largest absolute Gasteiger partial charge is 0.465 e. The molecule has 7 nitrogen and oxygen atoms in total. The molecule has 1 aromatic heterocycles. The Bertz CT molecular complexity index is 795. The van der Waals surface area contributed by atoms with Crippen molar-refractivity contribution in [3.63, 3.8) is 0 Å². The highest BCUT2D eigenvalue weighted by molar-refractivity contribution is 5.89. The molecule has 0 amide bonds. The van der Waals surface area contributed by atoms with Crippen molar-refractivity contribution in [1.29, 1.82) is 0 Å². The van der Waals surface area contributed by atoms with Crippen molar-refractivity contribution < 1.29 is 14.5 Å². The van der Waals surface area contributed by atoms with E-state index in [-0.39, 0.29) is 17.8 Å². The van der Waals surface area contributed by atoms with Crippen LogP contribution < -0.4 is 5.56 Å². The van der Waals surface area contributed by atoms with E-state index in [0.29, 0.717) is 16.7 Å². The number of ether oxygens (including phenoxy) is 1. The Hall–Kier alpha value is -2.96. The Morgan fingerprint density at radius 3 is 2.73 bits per heavy atom. The zero-order valence-electron chi connectivity index (χ0n) is 12.1. The summed E-state index contributed by atoms with van der Waals surface area (Å²) < 4.78 is 5.87. The van der Waals surface area contributed by atoms with Crippen LogP contribution in [0.2, 0.25) is 0 Å². The van der Waals surface area contributed by atoms with Crippen molar-refractivity contribution in [2.75, 3.05) is 7.11 Å². The maximum Gasteiger partial charge on any atom is 0.337 e. The number of pyridine rings is 1. The van der Waals surface area contributed by atoms with E-state index in [1.54, 1.807) is 24.3 Å². The monoisotopic (exact) mass is 302 g/mol. The molecule has 0 aliphatic rings. The Labute approximate surface area is 125 Å². The molecule has 0 saturated carbocycles. The van der Waals surface area contributed by atoms with Crippen LogP contribution in [-0.2, 0) is 11.3 Å². The third-order valence-corrected chi connectivity index (χ3v) is 3.20. The van der Waals surface area contributed by atoms with E-state index in [2.05, 4.69) is 4.74 Å². The summed E-state index contributed by atoms with van der Waals surface area (Å²) in [7, 11) is 1.28. The zero-order chi connectivity index (χ0) is 16.3. The van der Waals surface area contributed by atoms with Crippen LogP contribution in [0, 0.1) is 17.0 Å². The molecule has 22 heavy (non-hydrogen) atoms. The molecule has 1 heterocycles. The predicted molar refractivity (Wildman–Crippen MR) is 79.0 cm³/mol. The molecule has 2 aromatic rings. The normalized spacial score (nSPS) is 10.3. The van der Waals surface area contributed by atoms with E-state index in [0.717, 1.165) is 0 Å². The molecule has 7 heteroatoms. The third-order valence-electron chi connectivity index (χ3n) is 3.20. The van der Waals surface area contributed by atoms with Crippen LogP contribution >= 0.6 is 0 Å². The summed E-state index contributed by atoms with van der Waals surface area (Å²) in [6.45, 7) is 1.65. The average molecular weight is 302 g/mol. The number of nitro groups is 1. The first-order chi connectivity index (χ1) is 10.4. The van der Waals surface area contributed by atoms with Crippen LogP contribution in [0.5, 0.6) is 0 Å². The first kappa shape index (κ1) is 15.4. The van der Waals surface area contributed by atoms with E-state index in [9.17, 15) is 19.7 Å². The summed E-state index contributed by atoms with van der Waals surface area (Å²) in [5.74, 6) is -0.482. The third kappa shape index (κ3) is 3.20. The minimum Gasteiger partial charge on any atom is -0.465 e. The van der Waals surface area contributed by atoms with Gasteiger partial charge in [0.15, 0.2) is 0 Å². The molecular formula is C15H14N2O5. The van der Waals surface area contributed by atoms with Gasteiger partial charge in [0.05, 0.1) is 30.3 Å². The summed E-state index contributed by atoms with van der Waals surface area (Å²) in [5, 5.41) is 10.9. The van der Waals surface area contributed by atoms with Crippen LogP contribution in [0.4, 0.5) is 5.69 Å². The lowest BCUT2D eigenvalue weighted by molar-refractivity contribution is -0.385. The number of hydrogen-bond acceptors (Lipinski definition) is 5. The number of methoxy groups -OCH3 is 1. The molecule has 0 unspecified atom stereocenters. The predicted octanol–water partition coefficient (Wildman–Crippen LogP) is 1.90. The van der Waals surface area contributed by atoms with Crippen LogP contribution in [0.1, 0.15) is 21.5 Å². The molecule has 0 atom stereocenters. The van der Waals surface area contributed by atoms with Crippen molar-refractivity contribution in [2.24, 2.45) is 0 Å². The minimum atomic E-state index is -0.532. The van der Waals surface area contributed by atoms with Gasteiger partial charge in [-0.15, -0.1) is 0 Å². The Kier molecular flexibility index (Phi) is 4.36. The molecule has 0 fully saturated rings. The molecule has 114 valence electrons. The maximum absolute atomic E-state index is 11.9. The van der Waals surface area contributed by atoms with Gasteiger partial charge >= 0.3 is 5.97 Å².